The van der Waals surface area contributed by atoms with E-state index in [1.807, 2.05) is 23.1 Å². The van der Waals surface area contributed by atoms with Gasteiger partial charge in [-0.05, 0) is 6.07 Å². The molecule has 2 saturated heterocycles. The lowest BCUT2D eigenvalue weighted by Gasteiger charge is -2.30. The second-order valence-electron chi connectivity index (χ2n) is 5.95. The molecule has 0 spiro atoms. The normalized spacial score (nSPS) is 26.2. The molecule has 1 aromatic rings. The topological polar surface area (TPSA) is 36.0 Å². The van der Waals surface area contributed by atoms with Crippen LogP contribution in [-0.2, 0) is 4.74 Å². The van der Waals surface area contributed by atoms with Gasteiger partial charge in [0, 0.05) is 50.4 Å². The van der Waals surface area contributed by atoms with Gasteiger partial charge in [-0.1, -0.05) is 18.2 Å². The Bertz CT molecular complexity index is 542. The Morgan fingerprint density at radius 1 is 1.05 bits per heavy atom. The SMILES string of the molecule is O=C1c2ccccc2C2N(CCN3CCOCC3)CCN12. The van der Waals surface area contributed by atoms with Crippen molar-refractivity contribution >= 4 is 5.91 Å². The predicted octanol–water partition coefficient (Wildman–Crippen LogP) is 0.789. The van der Waals surface area contributed by atoms with E-state index in [2.05, 4.69) is 15.9 Å². The van der Waals surface area contributed by atoms with Gasteiger partial charge >= 0.3 is 0 Å². The van der Waals surface area contributed by atoms with Gasteiger partial charge in [-0.3, -0.25) is 14.6 Å². The van der Waals surface area contributed by atoms with Crippen molar-refractivity contribution in [2.45, 2.75) is 6.17 Å². The molecule has 0 N–H and O–H groups in total. The monoisotopic (exact) mass is 287 g/mol. The molecule has 3 aliphatic rings. The van der Waals surface area contributed by atoms with Crippen LogP contribution < -0.4 is 0 Å². The van der Waals surface area contributed by atoms with E-state index in [0.717, 1.165) is 58.0 Å². The summed E-state index contributed by atoms with van der Waals surface area (Å²) < 4.78 is 5.39. The Labute approximate surface area is 125 Å². The van der Waals surface area contributed by atoms with Gasteiger partial charge in [-0.2, -0.15) is 0 Å². The average molecular weight is 287 g/mol. The fourth-order valence-corrected chi connectivity index (χ4v) is 3.66. The van der Waals surface area contributed by atoms with Crippen LogP contribution in [0, 0.1) is 0 Å². The Morgan fingerprint density at radius 2 is 1.86 bits per heavy atom. The molecular formula is C16H21N3O2. The summed E-state index contributed by atoms with van der Waals surface area (Å²) in [7, 11) is 0. The first-order chi connectivity index (χ1) is 10.3. The standard InChI is InChI=1S/C16H21N3O2/c20-16-14-4-2-1-3-13(14)15-18(7-8-19(15)16)6-5-17-9-11-21-12-10-17/h1-4,15H,5-12H2. The summed E-state index contributed by atoms with van der Waals surface area (Å²) >= 11 is 0. The number of fused-ring (bicyclic) bond motifs is 3. The van der Waals surface area contributed by atoms with Gasteiger partial charge in [-0.15, -0.1) is 0 Å². The summed E-state index contributed by atoms with van der Waals surface area (Å²) in [6, 6.07) is 8.05. The lowest BCUT2D eigenvalue weighted by molar-refractivity contribution is 0.0302. The summed E-state index contributed by atoms with van der Waals surface area (Å²) in [6.45, 7) is 7.65. The number of carbonyl (C=O) groups excluding carboxylic acids is 1. The van der Waals surface area contributed by atoms with Crippen molar-refractivity contribution in [1.29, 1.82) is 0 Å². The number of nitrogens with zero attached hydrogens (tertiary/aromatic N) is 3. The maximum Gasteiger partial charge on any atom is 0.255 e. The molecule has 1 unspecified atom stereocenters. The van der Waals surface area contributed by atoms with Gasteiger partial charge in [0.05, 0.1) is 13.2 Å². The van der Waals surface area contributed by atoms with E-state index in [4.69, 9.17) is 4.74 Å². The summed E-state index contributed by atoms with van der Waals surface area (Å²) in [6.07, 6.45) is 0.162. The van der Waals surface area contributed by atoms with Crippen LogP contribution in [0.3, 0.4) is 0 Å². The number of hydrogen-bond donors (Lipinski definition) is 0. The summed E-state index contributed by atoms with van der Waals surface area (Å²) in [4.78, 5) is 19.3. The second-order valence-corrected chi connectivity index (χ2v) is 5.95. The molecule has 21 heavy (non-hydrogen) atoms. The molecule has 0 bridgehead atoms. The smallest absolute Gasteiger partial charge is 0.255 e. The molecule has 5 heteroatoms. The molecule has 5 nitrogen and oxygen atoms in total. The van der Waals surface area contributed by atoms with Crippen molar-refractivity contribution in [2.24, 2.45) is 0 Å². The Hall–Kier alpha value is -1.43. The second kappa shape index (κ2) is 5.40. The van der Waals surface area contributed by atoms with E-state index in [9.17, 15) is 4.79 Å². The van der Waals surface area contributed by atoms with Crippen LogP contribution in [0.15, 0.2) is 24.3 Å². The first-order valence-electron chi connectivity index (χ1n) is 7.78. The van der Waals surface area contributed by atoms with E-state index in [0.29, 0.717) is 0 Å². The zero-order valence-electron chi connectivity index (χ0n) is 12.2. The maximum atomic E-state index is 12.4. The average Bonchev–Trinajstić information content (AvgIpc) is 3.07. The van der Waals surface area contributed by atoms with E-state index >= 15 is 0 Å². The highest BCUT2D eigenvalue weighted by Gasteiger charge is 2.43. The van der Waals surface area contributed by atoms with E-state index in [-0.39, 0.29) is 12.1 Å². The molecule has 0 aliphatic carbocycles. The maximum absolute atomic E-state index is 12.4. The molecule has 3 aliphatic heterocycles. The number of amides is 1. The number of morpholine rings is 1. The first kappa shape index (κ1) is 13.2. The van der Waals surface area contributed by atoms with Crippen molar-refractivity contribution in [3.05, 3.63) is 35.4 Å². The quantitative estimate of drug-likeness (QED) is 0.823. The van der Waals surface area contributed by atoms with Crippen molar-refractivity contribution in [1.82, 2.24) is 14.7 Å². The van der Waals surface area contributed by atoms with Crippen LogP contribution in [0.25, 0.3) is 0 Å². The molecule has 0 radical (unpaired) electrons. The number of hydrogen-bond acceptors (Lipinski definition) is 4. The molecule has 1 amide bonds. The minimum Gasteiger partial charge on any atom is -0.379 e. The van der Waals surface area contributed by atoms with E-state index in [1.54, 1.807) is 0 Å². The number of carbonyl (C=O) groups is 1. The molecule has 1 atom stereocenters. The summed E-state index contributed by atoms with van der Waals surface area (Å²) in [5.74, 6) is 0.199. The van der Waals surface area contributed by atoms with E-state index in [1.165, 1.54) is 5.56 Å². The van der Waals surface area contributed by atoms with Crippen LogP contribution in [0.2, 0.25) is 0 Å². The number of benzene rings is 1. The van der Waals surface area contributed by atoms with Crippen LogP contribution in [0.4, 0.5) is 0 Å². The largest absolute Gasteiger partial charge is 0.379 e. The molecule has 0 aromatic heterocycles. The first-order valence-corrected chi connectivity index (χ1v) is 7.78. The van der Waals surface area contributed by atoms with Crippen molar-refractivity contribution in [2.75, 3.05) is 52.5 Å². The summed E-state index contributed by atoms with van der Waals surface area (Å²) in [5.41, 5.74) is 2.07. The zero-order chi connectivity index (χ0) is 14.2. The molecule has 4 rings (SSSR count). The molecule has 0 saturated carbocycles. The van der Waals surface area contributed by atoms with Crippen molar-refractivity contribution in [3.63, 3.8) is 0 Å². The third-order valence-electron chi connectivity index (χ3n) is 4.81. The fourth-order valence-electron chi connectivity index (χ4n) is 3.66. The Morgan fingerprint density at radius 3 is 2.71 bits per heavy atom. The molecule has 2 fully saturated rings. The summed E-state index contributed by atoms with van der Waals surface area (Å²) in [5, 5.41) is 0. The lowest BCUT2D eigenvalue weighted by atomic mass is 10.1. The Balaban J connectivity index is 1.47. The zero-order valence-corrected chi connectivity index (χ0v) is 12.2. The number of ether oxygens (including phenoxy) is 1. The highest BCUT2D eigenvalue weighted by Crippen LogP contribution is 2.38. The highest BCUT2D eigenvalue weighted by molar-refractivity contribution is 5.99. The highest BCUT2D eigenvalue weighted by atomic mass is 16.5. The molecular weight excluding hydrogens is 266 g/mol. The molecule has 1 aromatic carbocycles. The van der Waals surface area contributed by atoms with Gasteiger partial charge in [0.1, 0.15) is 6.17 Å². The van der Waals surface area contributed by atoms with Gasteiger partial charge in [0.15, 0.2) is 0 Å². The lowest BCUT2D eigenvalue weighted by Crippen LogP contribution is -2.41. The minimum atomic E-state index is 0.162. The van der Waals surface area contributed by atoms with Crippen LogP contribution in [0.1, 0.15) is 22.1 Å². The van der Waals surface area contributed by atoms with Crippen LogP contribution in [-0.4, -0.2) is 73.1 Å². The number of rotatable bonds is 3. The third-order valence-corrected chi connectivity index (χ3v) is 4.81. The van der Waals surface area contributed by atoms with Gasteiger partial charge in [-0.25, -0.2) is 0 Å². The van der Waals surface area contributed by atoms with Crippen molar-refractivity contribution in [3.8, 4) is 0 Å². The van der Waals surface area contributed by atoms with Gasteiger partial charge in [0.25, 0.3) is 5.91 Å². The van der Waals surface area contributed by atoms with E-state index < -0.39 is 0 Å². The Kier molecular flexibility index (Phi) is 3.41. The molecule has 3 heterocycles. The van der Waals surface area contributed by atoms with Crippen LogP contribution in [0.5, 0.6) is 0 Å². The molecule has 112 valence electrons. The minimum absolute atomic E-state index is 0.162. The third kappa shape index (κ3) is 2.25. The van der Waals surface area contributed by atoms with Gasteiger partial charge in [0.2, 0.25) is 0 Å². The fraction of sp³-hybridized carbons (Fsp3) is 0.562. The van der Waals surface area contributed by atoms with Crippen molar-refractivity contribution < 1.29 is 9.53 Å². The van der Waals surface area contributed by atoms with Gasteiger partial charge < -0.3 is 9.64 Å². The van der Waals surface area contributed by atoms with Crippen LogP contribution >= 0.6 is 0 Å². The predicted molar refractivity (Wildman–Crippen MR) is 79.1 cm³/mol.